The molecule has 0 aliphatic carbocycles. The molecule has 7 heteroatoms. The van der Waals surface area contributed by atoms with Gasteiger partial charge in [0.15, 0.2) is 0 Å². The molecular formula is C10H22N2O4S. The molecule has 0 spiro atoms. The fourth-order valence-corrected chi connectivity index (χ4v) is 2.59. The van der Waals surface area contributed by atoms with E-state index in [9.17, 15) is 13.2 Å². The van der Waals surface area contributed by atoms with Crippen molar-refractivity contribution in [3.63, 3.8) is 0 Å². The van der Waals surface area contributed by atoms with Crippen molar-refractivity contribution in [2.45, 2.75) is 39.3 Å². The number of aliphatic carboxylic acids is 1. The molecule has 0 rings (SSSR count). The summed E-state index contributed by atoms with van der Waals surface area (Å²) in [4.78, 5) is 10.9. The second-order valence-corrected chi connectivity index (χ2v) is 6.95. The fraction of sp³-hybridized carbons (Fsp3) is 0.900. The largest absolute Gasteiger partial charge is 0.480 e. The van der Waals surface area contributed by atoms with Crippen molar-refractivity contribution < 1.29 is 18.3 Å². The highest BCUT2D eigenvalue weighted by atomic mass is 32.2. The predicted octanol–water partition coefficient (Wildman–Crippen LogP) is 0.0130. The molecule has 3 N–H and O–H groups in total. The standard InChI is InChI=1S/C10H22N2O4S/c1-7(2)8(9(13)14)11-6-10(3,4)12-17(5,15)16/h7-8,11-12H,6H2,1-5H3,(H,13,14). The van der Waals surface area contributed by atoms with Crippen molar-refractivity contribution in [2.24, 2.45) is 5.92 Å². The molecule has 0 fully saturated rings. The lowest BCUT2D eigenvalue weighted by atomic mass is 10.0. The summed E-state index contributed by atoms with van der Waals surface area (Å²) in [6, 6.07) is -0.685. The van der Waals surface area contributed by atoms with Crippen LogP contribution in [0.4, 0.5) is 0 Å². The number of hydrogen-bond donors (Lipinski definition) is 3. The summed E-state index contributed by atoms with van der Waals surface area (Å²) in [7, 11) is -3.31. The van der Waals surface area contributed by atoms with Gasteiger partial charge in [0.2, 0.25) is 10.0 Å². The summed E-state index contributed by atoms with van der Waals surface area (Å²) in [6.45, 7) is 7.22. The molecule has 0 aliphatic heterocycles. The average molecular weight is 266 g/mol. The maximum Gasteiger partial charge on any atom is 0.320 e. The van der Waals surface area contributed by atoms with Crippen LogP contribution >= 0.6 is 0 Å². The molecule has 102 valence electrons. The Balaban J connectivity index is 4.48. The fourth-order valence-electron chi connectivity index (χ4n) is 1.51. The van der Waals surface area contributed by atoms with Gasteiger partial charge in [-0.2, -0.15) is 0 Å². The van der Waals surface area contributed by atoms with E-state index in [1.165, 1.54) is 0 Å². The molecule has 1 unspecified atom stereocenters. The first-order valence-corrected chi connectivity index (χ1v) is 7.29. The van der Waals surface area contributed by atoms with Crippen LogP contribution in [0.1, 0.15) is 27.7 Å². The van der Waals surface area contributed by atoms with Crippen LogP contribution in [0.3, 0.4) is 0 Å². The molecule has 0 bridgehead atoms. The van der Waals surface area contributed by atoms with E-state index in [1.54, 1.807) is 27.7 Å². The van der Waals surface area contributed by atoms with Crippen LogP contribution in [0.15, 0.2) is 0 Å². The predicted molar refractivity (Wildman–Crippen MR) is 66.3 cm³/mol. The molecule has 6 nitrogen and oxygen atoms in total. The molecule has 0 amide bonds. The zero-order valence-corrected chi connectivity index (χ0v) is 11.8. The topological polar surface area (TPSA) is 95.5 Å². The smallest absolute Gasteiger partial charge is 0.320 e. The Morgan fingerprint density at radius 2 is 1.82 bits per heavy atom. The van der Waals surface area contributed by atoms with Crippen molar-refractivity contribution in [2.75, 3.05) is 12.8 Å². The molecule has 0 saturated heterocycles. The van der Waals surface area contributed by atoms with Gasteiger partial charge in [0.1, 0.15) is 6.04 Å². The molecule has 0 saturated carbocycles. The summed E-state index contributed by atoms with van der Waals surface area (Å²) in [5.41, 5.74) is -0.726. The zero-order valence-electron chi connectivity index (χ0n) is 10.9. The van der Waals surface area contributed by atoms with Gasteiger partial charge in [-0.1, -0.05) is 13.8 Å². The first-order chi connectivity index (χ1) is 7.44. The summed E-state index contributed by atoms with van der Waals surface area (Å²) in [6.07, 6.45) is 1.08. The molecule has 1 atom stereocenters. The first-order valence-electron chi connectivity index (χ1n) is 5.40. The van der Waals surface area contributed by atoms with E-state index < -0.39 is 27.6 Å². The maximum absolute atomic E-state index is 11.1. The summed E-state index contributed by atoms with van der Waals surface area (Å²) in [5, 5.41) is 11.8. The van der Waals surface area contributed by atoms with Crippen LogP contribution in [0, 0.1) is 5.92 Å². The zero-order chi connectivity index (χ0) is 13.9. The number of carboxylic acid groups (broad SMARTS) is 1. The SMILES string of the molecule is CC(C)C(NCC(C)(C)NS(C)(=O)=O)C(=O)O. The van der Waals surface area contributed by atoms with E-state index in [2.05, 4.69) is 10.0 Å². The Hall–Kier alpha value is -0.660. The molecule has 17 heavy (non-hydrogen) atoms. The normalized spacial score (nSPS) is 14.9. The molecular weight excluding hydrogens is 244 g/mol. The van der Waals surface area contributed by atoms with Crippen LogP contribution in [0.5, 0.6) is 0 Å². The number of rotatable bonds is 7. The van der Waals surface area contributed by atoms with Gasteiger partial charge >= 0.3 is 5.97 Å². The van der Waals surface area contributed by atoms with Gasteiger partial charge in [0, 0.05) is 12.1 Å². The molecule has 0 aromatic carbocycles. The Kier molecular flexibility index (Phi) is 5.57. The van der Waals surface area contributed by atoms with Crippen LogP contribution in [-0.2, 0) is 14.8 Å². The Morgan fingerprint density at radius 3 is 2.12 bits per heavy atom. The Bertz CT molecular complexity index is 363. The monoisotopic (exact) mass is 266 g/mol. The van der Waals surface area contributed by atoms with E-state index in [-0.39, 0.29) is 12.5 Å². The van der Waals surface area contributed by atoms with Crippen LogP contribution in [-0.4, -0.2) is 43.9 Å². The van der Waals surface area contributed by atoms with Crippen molar-refractivity contribution in [3.05, 3.63) is 0 Å². The Labute approximate surface area is 103 Å². The summed E-state index contributed by atoms with van der Waals surface area (Å²) < 4.78 is 24.7. The van der Waals surface area contributed by atoms with Crippen molar-refractivity contribution in [1.29, 1.82) is 0 Å². The second kappa shape index (κ2) is 5.79. The summed E-state index contributed by atoms with van der Waals surface area (Å²) in [5.74, 6) is -1.00. The third kappa shape index (κ3) is 7.30. The summed E-state index contributed by atoms with van der Waals surface area (Å²) >= 11 is 0. The average Bonchev–Trinajstić information content (AvgIpc) is 1.96. The molecule has 0 aliphatic rings. The van der Waals surface area contributed by atoms with E-state index >= 15 is 0 Å². The van der Waals surface area contributed by atoms with Gasteiger partial charge in [0.05, 0.1) is 6.26 Å². The highest BCUT2D eigenvalue weighted by Gasteiger charge is 2.27. The molecule has 0 radical (unpaired) electrons. The number of carbonyl (C=O) groups is 1. The van der Waals surface area contributed by atoms with Crippen LogP contribution < -0.4 is 10.0 Å². The highest BCUT2D eigenvalue weighted by molar-refractivity contribution is 7.88. The first kappa shape index (κ1) is 16.3. The lowest BCUT2D eigenvalue weighted by Crippen LogP contribution is -2.54. The second-order valence-electron chi connectivity index (χ2n) is 5.20. The number of sulfonamides is 1. The van der Waals surface area contributed by atoms with Gasteiger partial charge in [-0.3, -0.25) is 4.79 Å². The minimum atomic E-state index is -3.31. The van der Waals surface area contributed by atoms with Gasteiger partial charge < -0.3 is 10.4 Å². The van der Waals surface area contributed by atoms with E-state index in [4.69, 9.17) is 5.11 Å². The minimum Gasteiger partial charge on any atom is -0.480 e. The van der Waals surface area contributed by atoms with E-state index in [0.29, 0.717) is 0 Å². The number of hydrogen-bond acceptors (Lipinski definition) is 4. The van der Waals surface area contributed by atoms with Crippen LogP contribution in [0.25, 0.3) is 0 Å². The van der Waals surface area contributed by atoms with Gasteiger partial charge in [-0.05, 0) is 19.8 Å². The van der Waals surface area contributed by atoms with E-state index in [1.807, 2.05) is 0 Å². The van der Waals surface area contributed by atoms with Crippen molar-refractivity contribution in [3.8, 4) is 0 Å². The lowest BCUT2D eigenvalue weighted by molar-refractivity contribution is -0.140. The third-order valence-corrected chi connectivity index (χ3v) is 3.08. The van der Waals surface area contributed by atoms with Crippen molar-refractivity contribution >= 4 is 16.0 Å². The van der Waals surface area contributed by atoms with Crippen molar-refractivity contribution in [1.82, 2.24) is 10.0 Å². The van der Waals surface area contributed by atoms with E-state index in [0.717, 1.165) is 6.26 Å². The quantitative estimate of drug-likeness (QED) is 0.603. The Morgan fingerprint density at radius 1 is 1.35 bits per heavy atom. The molecule has 0 aromatic heterocycles. The third-order valence-electron chi connectivity index (χ3n) is 2.16. The minimum absolute atomic E-state index is 0.0680. The van der Waals surface area contributed by atoms with Gasteiger partial charge in [0.25, 0.3) is 0 Å². The van der Waals surface area contributed by atoms with Gasteiger partial charge in [-0.15, -0.1) is 0 Å². The maximum atomic E-state index is 11.1. The molecule has 0 aromatic rings. The highest BCUT2D eigenvalue weighted by Crippen LogP contribution is 2.06. The van der Waals surface area contributed by atoms with Crippen LogP contribution in [0.2, 0.25) is 0 Å². The molecule has 0 heterocycles. The number of carboxylic acids is 1. The number of nitrogens with one attached hydrogen (secondary N) is 2. The van der Waals surface area contributed by atoms with Gasteiger partial charge in [-0.25, -0.2) is 13.1 Å². The lowest BCUT2D eigenvalue weighted by Gasteiger charge is -2.28.